The summed E-state index contributed by atoms with van der Waals surface area (Å²) in [6.45, 7) is 0.459. The highest BCUT2D eigenvalue weighted by Crippen LogP contribution is 2.26. The summed E-state index contributed by atoms with van der Waals surface area (Å²) in [6, 6.07) is 32.3. The third-order valence-corrected chi connectivity index (χ3v) is 6.56. The van der Waals surface area contributed by atoms with E-state index in [4.69, 9.17) is 16.3 Å². The molecule has 0 saturated carbocycles. The number of hydrogen-bond donors (Lipinski definition) is 1. The van der Waals surface area contributed by atoms with Crippen molar-refractivity contribution in [3.63, 3.8) is 0 Å². The van der Waals surface area contributed by atoms with Crippen LogP contribution in [0.15, 0.2) is 107 Å². The Hall–Kier alpha value is -3.85. The van der Waals surface area contributed by atoms with Gasteiger partial charge in [0, 0.05) is 21.6 Å². The van der Waals surface area contributed by atoms with Crippen molar-refractivity contribution in [2.75, 3.05) is 5.32 Å². The summed E-state index contributed by atoms with van der Waals surface area (Å²) in [4.78, 5) is 12.7. The molecule has 0 saturated heterocycles. The lowest BCUT2D eigenvalue weighted by Gasteiger charge is -2.09. The third-order valence-electron chi connectivity index (χ3n) is 5.45. The fourth-order valence-corrected chi connectivity index (χ4v) is 4.27. The highest BCUT2D eigenvalue weighted by molar-refractivity contribution is 9.10. The summed E-state index contributed by atoms with van der Waals surface area (Å²) >= 11 is 9.88. The van der Waals surface area contributed by atoms with Crippen molar-refractivity contribution in [1.82, 2.24) is 0 Å². The van der Waals surface area contributed by atoms with Crippen LogP contribution in [0.4, 0.5) is 5.69 Å². The van der Waals surface area contributed by atoms with Crippen molar-refractivity contribution in [2.45, 2.75) is 13.0 Å². The number of anilines is 1. The van der Waals surface area contributed by atoms with Gasteiger partial charge in [-0.15, -0.1) is 0 Å². The van der Waals surface area contributed by atoms with E-state index in [0.29, 0.717) is 29.5 Å². The minimum Gasteiger partial charge on any atom is -0.489 e. The maximum Gasteiger partial charge on any atom is 0.266 e. The zero-order chi connectivity index (χ0) is 25.3. The maximum absolute atomic E-state index is 12.7. The van der Waals surface area contributed by atoms with Gasteiger partial charge >= 0.3 is 0 Å². The molecule has 0 fully saturated rings. The number of amides is 1. The van der Waals surface area contributed by atoms with Gasteiger partial charge in [0.15, 0.2) is 0 Å². The van der Waals surface area contributed by atoms with Gasteiger partial charge in [-0.25, -0.2) is 0 Å². The van der Waals surface area contributed by atoms with E-state index in [1.54, 1.807) is 30.3 Å². The Bertz CT molecular complexity index is 1430. The summed E-state index contributed by atoms with van der Waals surface area (Å²) in [5, 5.41) is 13.1. The van der Waals surface area contributed by atoms with Gasteiger partial charge in [0.25, 0.3) is 5.91 Å². The first-order chi connectivity index (χ1) is 17.5. The Morgan fingerprint density at radius 3 is 2.36 bits per heavy atom. The molecule has 0 aromatic heterocycles. The van der Waals surface area contributed by atoms with Gasteiger partial charge in [0.2, 0.25) is 0 Å². The van der Waals surface area contributed by atoms with E-state index in [1.807, 2.05) is 78.9 Å². The number of benzene rings is 4. The van der Waals surface area contributed by atoms with Gasteiger partial charge in [0.05, 0.1) is 0 Å². The number of nitriles is 1. The Kier molecular flexibility index (Phi) is 8.57. The largest absolute Gasteiger partial charge is 0.489 e. The van der Waals surface area contributed by atoms with Crippen molar-refractivity contribution in [3.8, 4) is 11.8 Å². The molecule has 0 unspecified atom stereocenters. The molecule has 0 heterocycles. The summed E-state index contributed by atoms with van der Waals surface area (Å²) < 4.78 is 6.65. The molecule has 0 aliphatic rings. The van der Waals surface area contributed by atoms with Crippen molar-refractivity contribution >= 4 is 45.2 Å². The van der Waals surface area contributed by atoms with Crippen LogP contribution < -0.4 is 10.1 Å². The van der Waals surface area contributed by atoms with E-state index in [0.717, 1.165) is 26.7 Å². The van der Waals surface area contributed by atoms with E-state index in [9.17, 15) is 10.1 Å². The highest BCUT2D eigenvalue weighted by Gasteiger charge is 2.11. The monoisotopic (exact) mass is 556 g/mol. The third kappa shape index (κ3) is 6.85. The number of carbonyl (C=O) groups excluding carboxylic acids is 1. The van der Waals surface area contributed by atoms with Gasteiger partial charge in [0.1, 0.15) is 24.0 Å². The molecule has 0 aliphatic carbocycles. The number of ether oxygens (including phenoxy) is 1. The first-order valence-electron chi connectivity index (χ1n) is 11.2. The van der Waals surface area contributed by atoms with Crippen LogP contribution in [0.25, 0.3) is 6.08 Å². The van der Waals surface area contributed by atoms with Crippen molar-refractivity contribution < 1.29 is 9.53 Å². The molecule has 36 heavy (non-hydrogen) atoms. The topological polar surface area (TPSA) is 62.1 Å². The van der Waals surface area contributed by atoms with Crippen LogP contribution in [-0.4, -0.2) is 5.91 Å². The molecule has 4 nitrogen and oxygen atoms in total. The molecule has 0 radical (unpaired) electrons. The minimum absolute atomic E-state index is 0.00478. The van der Waals surface area contributed by atoms with E-state index in [2.05, 4.69) is 21.2 Å². The van der Waals surface area contributed by atoms with Gasteiger partial charge in [-0.1, -0.05) is 88.2 Å². The molecule has 4 aromatic rings. The van der Waals surface area contributed by atoms with Gasteiger partial charge < -0.3 is 10.1 Å². The minimum atomic E-state index is -0.480. The van der Waals surface area contributed by atoms with E-state index >= 15 is 0 Å². The van der Waals surface area contributed by atoms with Crippen LogP contribution >= 0.6 is 27.5 Å². The number of rotatable bonds is 8. The molecule has 178 valence electrons. The standard InChI is InChI=1S/C30H22BrClN2O2/c31-28-17-22(10-11-23(28)18-24-8-4-5-9-29(24)32)16-25(19-33)30(35)34-26-12-14-27(15-13-26)36-20-21-6-2-1-3-7-21/h1-17H,18,20H2,(H,34,35)/b25-16+. The zero-order valence-electron chi connectivity index (χ0n) is 19.2. The Balaban J connectivity index is 1.39. The molecule has 0 bridgehead atoms. The molecule has 4 aromatic carbocycles. The first-order valence-corrected chi connectivity index (χ1v) is 12.4. The molecule has 0 spiro atoms. The lowest BCUT2D eigenvalue weighted by atomic mass is 10.0. The van der Waals surface area contributed by atoms with E-state index < -0.39 is 5.91 Å². The fraction of sp³-hybridized carbons (Fsp3) is 0.0667. The second-order valence-corrected chi connectivity index (χ2v) is 9.30. The predicted octanol–water partition coefficient (Wildman–Crippen LogP) is 7.82. The van der Waals surface area contributed by atoms with Crippen LogP contribution in [0.3, 0.4) is 0 Å². The molecule has 1 amide bonds. The first kappa shape index (κ1) is 25.2. The normalized spacial score (nSPS) is 11.0. The molecular formula is C30H22BrClN2O2. The zero-order valence-corrected chi connectivity index (χ0v) is 21.6. The highest BCUT2D eigenvalue weighted by atomic mass is 79.9. The van der Waals surface area contributed by atoms with Gasteiger partial charge in [-0.2, -0.15) is 5.26 Å². The summed E-state index contributed by atoms with van der Waals surface area (Å²) in [5.74, 6) is 0.210. The van der Waals surface area contributed by atoms with Crippen LogP contribution in [0.2, 0.25) is 5.02 Å². The van der Waals surface area contributed by atoms with E-state index in [-0.39, 0.29) is 5.57 Å². The van der Waals surface area contributed by atoms with Crippen LogP contribution in [0, 0.1) is 11.3 Å². The second kappa shape index (κ2) is 12.2. The number of carbonyl (C=O) groups is 1. The number of hydrogen-bond acceptors (Lipinski definition) is 3. The number of nitrogens with one attached hydrogen (secondary N) is 1. The van der Waals surface area contributed by atoms with Gasteiger partial charge in [-0.3, -0.25) is 4.79 Å². The summed E-state index contributed by atoms with van der Waals surface area (Å²) in [6.07, 6.45) is 2.23. The van der Waals surface area contributed by atoms with Crippen LogP contribution in [-0.2, 0) is 17.8 Å². The van der Waals surface area contributed by atoms with E-state index in [1.165, 1.54) is 0 Å². The molecular weight excluding hydrogens is 536 g/mol. The quantitative estimate of drug-likeness (QED) is 0.177. The SMILES string of the molecule is N#C/C(=C\c1ccc(Cc2ccccc2Cl)c(Br)c1)C(=O)Nc1ccc(OCc2ccccc2)cc1. The Labute approximate surface area is 223 Å². The average Bonchev–Trinajstić information content (AvgIpc) is 2.90. The number of halogens is 2. The second-order valence-electron chi connectivity index (χ2n) is 8.04. The molecule has 6 heteroatoms. The van der Waals surface area contributed by atoms with Crippen molar-refractivity contribution in [3.05, 3.63) is 134 Å². The fourth-order valence-electron chi connectivity index (χ4n) is 3.53. The molecule has 0 atom stereocenters. The molecule has 1 N–H and O–H groups in total. The summed E-state index contributed by atoms with van der Waals surface area (Å²) in [7, 11) is 0. The van der Waals surface area contributed by atoms with Crippen LogP contribution in [0.1, 0.15) is 22.3 Å². The maximum atomic E-state index is 12.7. The summed E-state index contributed by atoms with van der Waals surface area (Å²) in [5.41, 5.74) is 4.47. The average molecular weight is 558 g/mol. The van der Waals surface area contributed by atoms with Crippen LogP contribution in [0.5, 0.6) is 5.75 Å². The Morgan fingerprint density at radius 2 is 1.67 bits per heavy atom. The lowest BCUT2D eigenvalue weighted by Crippen LogP contribution is -2.13. The molecule has 4 rings (SSSR count). The molecule has 0 aliphatic heterocycles. The smallest absolute Gasteiger partial charge is 0.266 e. The predicted molar refractivity (Wildman–Crippen MR) is 148 cm³/mol. The van der Waals surface area contributed by atoms with Crippen molar-refractivity contribution in [1.29, 1.82) is 5.26 Å². The van der Waals surface area contributed by atoms with Crippen molar-refractivity contribution in [2.24, 2.45) is 0 Å². The Morgan fingerprint density at radius 1 is 0.944 bits per heavy atom. The van der Waals surface area contributed by atoms with Gasteiger partial charge in [-0.05, 0) is 64.7 Å². The number of nitrogens with zero attached hydrogens (tertiary/aromatic N) is 1. The lowest BCUT2D eigenvalue weighted by molar-refractivity contribution is -0.112.